The van der Waals surface area contributed by atoms with E-state index in [-0.39, 0.29) is 5.97 Å². The Bertz CT molecular complexity index is 869. The first kappa shape index (κ1) is 13.9. The van der Waals surface area contributed by atoms with E-state index in [1.54, 1.807) is 12.1 Å². The van der Waals surface area contributed by atoms with Crippen LogP contribution >= 0.6 is 23.6 Å². The number of ether oxygens (including phenoxy) is 1. The van der Waals surface area contributed by atoms with Crippen LogP contribution in [0.1, 0.15) is 6.92 Å². The van der Waals surface area contributed by atoms with Gasteiger partial charge >= 0.3 is 5.97 Å². The molecule has 0 saturated carbocycles. The second-order valence-corrected chi connectivity index (χ2v) is 6.11. The van der Waals surface area contributed by atoms with Gasteiger partial charge in [0.05, 0.1) is 5.52 Å². The van der Waals surface area contributed by atoms with Crippen molar-refractivity contribution in [2.45, 2.75) is 6.92 Å². The summed E-state index contributed by atoms with van der Waals surface area (Å²) in [5.74, 6) is 0.192. The standard InChI is InChI=1S/C16H11NO2S2/c1-10(18)19-12-8-6-11(7-9-12)15-17-14-5-3-2-4-13(14)16(20)21-15/h2-9H,1H3. The number of carbonyl (C=O) groups is 1. The Morgan fingerprint density at radius 2 is 1.86 bits per heavy atom. The molecule has 3 aromatic rings. The zero-order chi connectivity index (χ0) is 14.8. The van der Waals surface area contributed by atoms with Crippen LogP contribution in [-0.4, -0.2) is 11.0 Å². The van der Waals surface area contributed by atoms with Crippen LogP contribution in [0.25, 0.3) is 21.5 Å². The lowest BCUT2D eigenvalue weighted by atomic mass is 10.2. The van der Waals surface area contributed by atoms with Gasteiger partial charge in [-0.3, -0.25) is 4.79 Å². The SMILES string of the molecule is CC(=O)Oc1ccc(-c2nc3ccccc3c(=S)s2)cc1. The van der Waals surface area contributed by atoms with Gasteiger partial charge in [0, 0.05) is 17.9 Å². The van der Waals surface area contributed by atoms with Gasteiger partial charge in [0.15, 0.2) is 0 Å². The van der Waals surface area contributed by atoms with Crippen LogP contribution in [0.5, 0.6) is 5.75 Å². The van der Waals surface area contributed by atoms with E-state index >= 15 is 0 Å². The number of aromatic nitrogens is 1. The van der Waals surface area contributed by atoms with Crippen molar-refractivity contribution in [2.24, 2.45) is 0 Å². The fourth-order valence-electron chi connectivity index (χ4n) is 1.97. The molecule has 0 radical (unpaired) electrons. The van der Waals surface area contributed by atoms with E-state index in [0.717, 1.165) is 25.3 Å². The minimum Gasteiger partial charge on any atom is -0.427 e. The quantitative estimate of drug-likeness (QED) is 0.393. The number of fused-ring (bicyclic) bond motifs is 1. The third-order valence-electron chi connectivity index (χ3n) is 2.90. The molecule has 21 heavy (non-hydrogen) atoms. The molecule has 1 aromatic heterocycles. The van der Waals surface area contributed by atoms with Gasteiger partial charge in [-0.15, -0.1) is 11.3 Å². The first-order valence-electron chi connectivity index (χ1n) is 6.32. The molecule has 0 unspecified atom stereocenters. The summed E-state index contributed by atoms with van der Waals surface area (Å²) in [5, 5.41) is 1.85. The summed E-state index contributed by atoms with van der Waals surface area (Å²) in [5.41, 5.74) is 1.84. The van der Waals surface area contributed by atoms with Crippen LogP contribution in [0.2, 0.25) is 0 Å². The smallest absolute Gasteiger partial charge is 0.308 e. The van der Waals surface area contributed by atoms with Crippen LogP contribution in [0, 0.1) is 3.82 Å². The van der Waals surface area contributed by atoms with E-state index < -0.39 is 0 Å². The highest BCUT2D eigenvalue weighted by Crippen LogP contribution is 2.28. The molecule has 0 aliphatic carbocycles. The highest BCUT2D eigenvalue weighted by atomic mass is 32.1. The van der Waals surface area contributed by atoms with Crippen LogP contribution in [0.3, 0.4) is 0 Å². The molecule has 0 spiro atoms. The third-order valence-corrected chi connectivity index (χ3v) is 4.29. The average molecular weight is 313 g/mol. The van der Waals surface area contributed by atoms with Gasteiger partial charge in [0.25, 0.3) is 0 Å². The Morgan fingerprint density at radius 3 is 2.57 bits per heavy atom. The number of nitrogens with zero attached hydrogens (tertiary/aromatic N) is 1. The second-order valence-electron chi connectivity index (χ2n) is 4.44. The zero-order valence-corrected chi connectivity index (χ0v) is 12.8. The molecule has 0 N–H and O–H groups in total. The summed E-state index contributed by atoms with van der Waals surface area (Å²) < 4.78 is 5.84. The molecular formula is C16H11NO2S2. The minimum atomic E-state index is -0.331. The molecule has 0 atom stereocenters. The maximum absolute atomic E-state index is 10.9. The summed E-state index contributed by atoms with van der Waals surface area (Å²) in [7, 11) is 0. The van der Waals surface area contributed by atoms with Gasteiger partial charge in [-0.2, -0.15) is 0 Å². The number of esters is 1. The molecule has 2 aromatic carbocycles. The van der Waals surface area contributed by atoms with E-state index in [1.165, 1.54) is 18.3 Å². The monoisotopic (exact) mass is 313 g/mol. The van der Waals surface area contributed by atoms with Crippen molar-refractivity contribution in [3.8, 4) is 16.3 Å². The average Bonchev–Trinajstić information content (AvgIpc) is 2.47. The molecule has 0 aliphatic heterocycles. The lowest BCUT2D eigenvalue weighted by Gasteiger charge is -2.04. The first-order valence-corrected chi connectivity index (χ1v) is 7.55. The van der Waals surface area contributed by atoms with Crippen molar-refractivity contribution < 1.29 is 9.53 Å². The van der Waals surface area contributed by atoms with E-state index in [0.29, 0.717) is 5.75 Å². The van der Waals surface area contributed by atoms with Crippen LogP contribution in [0.15, 0.2) is 48.5 Å². The fourth-order valence-corrected chi connectivity index (χ4v) is 3.24. The Balaban J connectivity index is 2.04. The molecule has 3 rings (SSSR count). The van der Waals surface area contributed by atoms with Crippen molar-refractivity contribution >= 4 is 40.4 Å². The van der Waals surface area contributed by atoms with Gasteiger partial charge in [-0.1, -0.05) is 30.4 Å². The normalized spacial score (nSPS) is 10.5. The number of carbonyl (C=O) groups excluding carboxylic acids is 1. The number of para-hydroxylation sites is 1. The van der Waals surface area contributed by atoms with E-state index in [9.17, 15) is 4.79 Å². The van der Waals surface area contributed by atoms with Gasteiger partial charge in [-0.05, 0) is 30.3 Å². The zero-order valence-electron chi connectivity index (χ0n) is 11.2. The topological polar surface area (TPSA) is 39.2 Å². The maximum atomic E-state index is 10.9. The summed E-state index contributed by atoms with van der Waals surface area (Å²) in [6.45, 7) is 1.38. The molecule has 0 amide bonds. The van der Waals surface area contributed by atoms with E-state index in [1.807, 2.05) is 36.4 Å². The van der Waals surface area contributed by atoms with Crippen molar-refractivity contribution in [2.75, 3.05) is 0 Å². The molecule has 0 bridgehead atoms. The fraction of sp³-hybridized carbons (Fsp3) is 0.0625. The van der Waals surface area contributed by atoms with Crippen molar-refractivity contribution in [3.63, 3.8) is 0 Å². The van der Waals surface area contributed by atoms with E-state index in [4.69, 9.17) is 17.0 Å². The molecule has 5 heteroatoms. The van der Waals surface area contributed by atoms with Crippen LogP contribution < -0.4 is 4.74 Å². The molecule has 3 nitrogen and oxygen atoms in total. The summed E-state index contributed by atoms with van der Waals surface area (Å²) in [6, 6.07) is 15.1. The lowest BCUT2D eigenvalue weighted by molar-refractivity contribution is -0.131. The Kier molecular flexibility index (Phi) is 3.77. The first-order chi connectivity index (χ1) is 10.1. The Labute approximate surface area is 130 Å². The predicted octanol–water partition coefficient (Wildman–Crippen LogP) is 4.62. The number of hydrogen-bond acceptors (Lipinski definition) is 5. The number of rotatable bonds is 2. The van der Waals surface area contributed by atoms with E-state index in [2.05, 4.69) is 4.98 Å². The second kappa shape index (κ2) is 5.71. The number of benzene rings is 2. The van der Waals surface area contributed by atoms with Crippen LogP contribution in [0.4, 0.5) is 0 Å². The molecule has 0 fully saturated rings. The molecule has 0 saturated heterocycles. The van der Waals surface area contributed by atoms with Crippen LogP contribution in [-0.2, 0) is 4.79 Å². The third kappa shape index (κ3) is 2.99. The molecule has 0 aliphatic rings. The molecule has 104 valence electrons. The minimum absolute atomic E-state index is 0.331. The summed E-state index contributed by atoms with van der Waals surface area (Å²) >= 11 is 6.91. The van der Waals surface area contributed by atoms with Crippen molar-refractivity contribution in [1.82, 2.24) is 4.98 Å². The van der Waals surface area contributed by atoms with Crippen molar-refractivity contribution in [3.05, 3.63) is 52.4 Å². The van der Waals surface area contributed by atoms with Gasteiger partial charge in [0.1, 0.15) is 14.6 Å². The highest BCUT2D eigenvalue weighted by Gasteiger charge is 2.05. The largest absolute Gasteiger partial charge is 0.427 e. The summed E-state index contributed by atoms with van der Waals surface area (Å²) in [6.07, 6.45) is 0. The van der Waals surface area contributed by atoms with Gasteiger partial charge < -0.3 is 4.74 Å². The molecule has 1 heterocycles. The number of hydrogen-bond donors (Lipinski definition) is 0. The maximum Gasteiger partial charge on any atom is 0.308 e. The Hall–Kier alpha value is -2.11. The molecular weight excluding hydrogens is 302 g/mol. The predicted molar refractivity (Wildman–Crippen MR) is 87.2 cm³/mol. The highest BCUT2D eigenvalue weighted by molar-refractivity contribution is 7.74. The summed E-state index contributed by atoms with van der Waals surface area (Å²) in [4.78, 5) is 15.6. The van der Waals surface area contributed by atoms with Gasteiger partial charge in [-0.25, -0.2) is 4.98 Å². The lowest BCUT2D eigenvalue weighted by Crippen LogP contribution is -2.00. The Morgan fingerprint density at radius 1 is 1.14 bits per heavy atom. The van der Waals surface area contributed by atoms with Gasteiger partial charge in [0.2, 0.25) is 0 Å². The van der Waals surface area contributed by atoms with Crippen molar-refractivity contribution in [1.29, 1.82) is 0 Å².